The lowest BCUT2D eigenvalue weighted by atomic mass is 9.76. The minimum Gasteiger partial charge on any atom is -0.504 e. The zero-order chi connectivity index (χ0) is 24.0. The number of carbonyl (C=O) groups is 2. The molecule has 0 aliphatic carbocycles. The fourth-order valence-corrected chi connectivity index (χ4v) is 4.15. The quantitative estimate of drug-likeness (QED) is 0.246. The zero-order valence-electron chi connectivity index (χ0n) is 16.6. The summed E-state index contributed by atoms with van der Waals surface area (Å²) < 4.78 is 43.5. The molecule has 0 aromatic heterocycles. The van der Waals surface area contributed by atoms with Crippen LogP contribution in [0.5, 0.6) is 23.0 Å². The summed E-state index contributed by atoms with van der Waals surface area (Å²) in [6.07, 6.45) is -2.21. The van der Waals surface area contributed by atoms with Crippen LogP contribution in [0.15, 0.2) is 66.7 Å². The number of ketones is 2. The van der Waals surface area contributed by atoms with Crippen LogP contribution in [-0.2, 0) is 20.2 Å². The molecule has 3 aromatic rings. The molecule has 4 N–H and O–H groups in total. The Morgan fingerprint density at radius 1 is 0.939 bits per heavy atom. The van der Waals surface area contributed by atoms with E-state index in [4.69, 9.17) is 8.92 Å². The van der Waals surface area contributed by atoms with Gasteiger partial charge in [0.15, 0.2) is 23.4 Å². The highest BCUT2D eigenvalue weighted by atomic mass is 32.3. The Morgan fingerprint density at radius 2 is 1.52 bits per heavy atom. The Bertz CT molecular complexity index is 1340. The smallest absolute Gasteiger partial charge is 0.398 e. The molecular weight excluding hydrogens is 456 g/mol. The molecule has 0 saturated heterocycles. The highest BCUT2D eigenvalue weighted by Gasteiger charge is 2.59. The lowest BCUT2D eigenvalue weighted by Crippen LogP contribution is -2.58. The third kappa shape index (κ3) is 3.78. The van der Waals surface area contributed by atoms with E-state index in [2.05, 4.69) is 0 Å². The molecule has 33 heavy (non-hydrogen) atoms. The summed E-state index contributed by atoms with van der Waals surface area (Å²) in [6, 6.07) is 14.7. The molecule has 10 nitrogen and oxygen atoms in total. The summed E-state index contributed by atoms with van der Waals surface area (Å²) >= 11 is 0. The molecule has 0 spiro atoms. The number of aromatic hydroxyl groups is 3. The van der Waals surface area contributed by atoms with Crippen LogP contribution in [0, 0.1) is 0 Å². The highest BCUT2D eigenvalue weighted by molar-refractivity contribution is 7.80. The summed E-state index contributed by atoms with van der Waals surface area (Å²) in [6.45, 7) is 0. The molecule has 3 aromatic carbocycles. The SMILES string of the molecule is O=C1c2ccccc2OC(C(=O)c2cc(O)c(O)c(O)c2)(c2ccccc2)C1OS(=O)(=O)O. The van der Waals surface area contributed by atoms with Crippen molar-refractivity contribution in [3.05, 3.63) is 83.4 Å². The van der Waals surface area contributed by atoms with Crippen molar-refractivity contribution in [3.8, 4) is 23.0 Å². The monoisotopic (exact) mass is 472 g/mol. The van der Waals surface area contributed by atoms with Gasteiger partial charge in [0.25, 0.3) is 0 Å². The van der Waals surface area contributed by atoms with Crippen molar-refractivity contribution in [2.75, 3.05) is 0 Å². The summed E-state index contributed by atoms with van der Waals surface area (Å²) in [5.74, 6) is -4.73. The van der Waals surface area contributed by atoms with E-state index < -0.39 is 56.5 Å². The number of carbonyl (C=O) groups excluding carboxylic acids is 2. The second-order valence-electron chi connectivity index (χ2n) is 7.16. The third-order valence-corrected chi connectivity index (χ3v) is 5.56. The van der Waals surface area contributed by atoms with Crippen LogP contribution in [0.3, 0.4) is 0 Å². The molecule has 4 rings (SSSR count). The second-order valence-corrected chi connectivity index (χ2v) is 8.21. The van der Waals surface area contributed by atoms with Crippen LogP contribution in [0.4, 0.5) is 0 Å². The molecule has 0 fully saturated rings. The molecule has 11 heteroatoms. The van der Waals surface area contributed by atoms with Crippen molar-refractivity contribution in [3.63, 3.8) is 0 Å². The van der Waals surface area contributed by atoms with Gasteiger partial charge in [-0.05, 0) is 24.3 Å². The number of Topliss-reactive ketones (excluding diaryl/α,β-unsaturated/α-hetero) is 2. The van der Waals surface area contributed by atoms with E-state index in [1.165, 1.54) is 48.5 Å². The lowest BCUT2D eigenvalue weighted by molar-refractivity contribution is -0.0259. The number of phenolic OH excluding ortho intramolecular Hbond substituents is 3. The normalized spacial score (nSPS) is 20.0. The van der Waals surface area contributed by atoms with Crippen molar-refractivity contribution in [1.82, 2.24) is 0 Å². The van der Waals surface area contributed by atoms with Gasteiger partial charge in [0, 0.05) is 11.1 Å². The predicted molar refractivity (Wildman–Crippen MR) is 112 cm³/mol. The van der Waals surface area contributed by atoms with Gasteiger partial charge in [-0.3, -0.25) is 14.1 Å². The summed E-state index contributed by atoms with van der Waals surface area (Å²) in [5.41, 5.74) is -3.05. The zero-order valence-corrected chi connectivity index (χ0v) is 17.4. The predicted octanol–water partition coefficient (Wildman–Crippen LogP) is 2.34. The number of fused-ring (bicyclic) bond motifs is 1. The summed E-state index contributed by atoms with van der Waals surface area (Å²) in [7, 11) is -5.27. The Hall–Kier alpha value is -3.93. The van der Waals surface area contributed by atoms with Crippen molar-refractivity contribution < 1.29 is 46.8 Å². The first-order valence-electron chi connectivity index (χ1n) is 9.38. The maximum Gasteiger partial charge on any atom is 0.398 e. The van der Waals surface area contributed by atoms with Crippen LogP contribution in [0.2, 0.25) is 0 Å². The maximum absolute atomic E-state index is 13.9. The van der Waals surface area contributed by atoms with E-state index >= 15 is 0 Å². The molecule has 0 saturated carbocycles. The lowest BCUT2D eigenvalue weighted by Gasteiger charge is -2.41. The van der Waals surface area contributed by atoms with E-state index in [0.717, 1.165) is 12.1 Å². The fraction of sp³-hybridized carbons (Fsp3) is 0.0909. The molecule has 0 radical (unpaired) electrons. The molecule has 1 heterocycles. The number of ether oxygens (including phenoxy) is 1. The fourth-order valence-electron chi connectivity index (χ4n) is 3.69. The molecule has 1 aliphatic rings. The number of para-hydroxylation sites is 1. The Balaban J connectivity index is 2.04. The number of rotatable bonds is 5. The van der Waals surface area contributed by atoms with Gasteiger partial charge in [-0.15, -0.1) is 0 Å². The van der Waals surface area contributed by atoms with Gasteiger partial charge in [-0.25, -0.2) is 4.18 Å². The molecule has 170 valence electrons. The van der Waals surface area contributed by atoms with E-state index in [0.29, 0.717) is 0 Å². The first-order valence-corrected chi connectivity index (χ1v) is 10.7. The van der Waals surface area contributed by atoms with Gasteiger partial charge in [-0.1, -0.05) is 42.5 Å². The minimum absolute atomic E-state index is 0.0152. The number of benzene rings is 3. The topological polar surface area (TPSA) is 168 Å². The largest absolute Gasteiger partial charge is 0.504 e. The molecular formula is C22H16O10S. The Kier molecular flexibility index (Phi) is 5.32. The molecule has 2 unspecified atom stereocenters. The average Bonchev–Trinajstić information content (AvgIpc) is 2.78. The standard InChI is InChI=1S/C22H16O10S/c23-15-10-12(11-16(24)19(15)26)20(27)22(13-6-2-1-3-7-13)21(32-33(28,29)30)18(25)14-8-4-5-9-17(14)31-22/h1-11,21,23-24,26H,(H,28,29,30). The van der Waals surface area contributed by atoms with Crippen LogP contribution in [0.1, 0.15) is 26.3 Å². The third-order valence-electron chi connectivity index (χ3n) is 5.12. The van der Waals surface area contributed by atoms with Crippen molar-refractivity contribution in [1.29, 1.82) is 0 Å². The molecule has 0 bridgehead atoms. The van der Waals surface area contributed by atoms with E-state index in [9.17, 15) is 37.9 Å². The Morgan fingerprint density at radius 3 is 2.12 bits per heavy atom. The molecule has 2 atom stereocenters. The van der Waals surface area contributed by atoms with Crippen LogP contribution in [-0.4, -0.2) is 46.0 Å². The van der Waals surface area contributed by atoms with E-state index in [1.54, 1.807) is 6.07 Å². The van der Waals surface area contributed by atoms with Gasteiger partial charge >= 0.3 is 10.4 Å². The van der Waals surface area contributed by atoms with Gasteiger partial charge in [-0.2, -0.15) is 8.42 Å². The van der Waals surface area contributed by atoms with Crippen molar-refractivity contribution >= 4 is 22.0 Å². The van der Waals surface area contributed by atoms with Crippen molar-refractivity contribution in [2.45, 2.75) is 11.7 Å². The van der Waals surface area contributed by atoms with Gasteiger partial charge < -0.3 is 20.1 Å². The first kappa shape index (κ1) is 22.3. The van der Waals surface area contributed by atoms with Gasteiger partial charge in [0.2, 0.25) is 17.2 Å². The molecule has 0 amide bonds. The van der Waals surface area contributed by atoms with E-state index in [1.807, 2.05) is 0 Å². The van der Waals surface area contributed by atoms with Crippen LogP contribution < -0.4 is 4.74 Å². The average molecular weight is 472 g/mol. The highest BCUT2D eigenvalue weighted by Crippen LogP contribution is 2.45. The second kappa shape index (κ2) is 7.89. The van der Waals surface area contributed by atoms with Crippen LogP contribution >= 0.6 is 0 Å². The summed E-state index contributed by atoms with van der Waals surface area (Å²) in [4.78, 5) is 27.2. The van der Waals surface area contributed by atoms with Crippen LogP contribution in [0.25, 0.3) is 0 Å². The number of hydrogen-bond donors (Lipinski definition) is 4. The van der Waals surface area contributed by atoms with E-state index in [-0.39, 0.29) is 16.9 Å². The maximum atomic E-state index is 13.9. The van der Waals surface area contributed by atoms with Gasteiger partial charge in [0.1, 0.15) is 5.75 Å². The summed E-state index contributed by atoms with van der Waals surface area (Å²) in [5, 5.41) is 29.5. The van der Waals surface area contributed by atoms with Crippen molar-refractivity contribution in [2.24, 2.45) is 0 Å². The minimum atomic E-state index is -5.27. The first-order chi connectivity index (χ1) is 15.5. The number of hydrogen-bond acceptors (Lipinski definition) is 9. The van der Waals surface area contributed by atoms with Gasteiger partial charge in [0.05, 0.1) is 5.56 Å². The number of phenols is 3. The molecule has 1 aliphatic heterocycles. The Labute approximate surface area is 187 Å².